The molecule has 33 heavy (non-hydrogen) atoms. The van der Waals surface area contributed by atoms with Crippen LogP contribution in [0, 0.1) is 6.92 Å². The first-order valence-electron chi connectivity index (χ1n) is 9.94. The summed E-state index contributed by atoms with van der Waals surface area (Å²) in [4.78, 5) is 24.3. The molecule has 0 atom stereocenters. The minimum atomic E-state index is -4.06. The van der Waals surface area contributed by atoms with Gasteiger partial charge in [0.15, 0.2) is 11.5 Å². The van der Waals surface area contributed by atoms with Crippen molar-refractivity contribution in [3.63, 3.8) is 0 Å². The predicted molar refractivity (Wildman–Crippen MR) is 123 cm³/mol. The Kier molecular flexibility index (Phi) is 5.93. The molecular formula is C23H21N3O6S. The third-order valence-electron chi connectivity index (χ3n) is 4.84. The van der Waals surface area contributed by atoms with Gasteiger partial charge in [-0.15, -0.1) is 0 Å². The van der Waals surface area contributed by atoms with Crippen molar-refractivity contribution in [3.05, 3.63) is 71.8 Å². The van der Waals surface area contributed by atoms with Crippen LogP contribution in [0.4, 0.5) is 17.1 Å². The van der Waals surface area contributed by atoms with Gasteiger partial charge in [-0.05, 0) is 48.9 Å². The number of nitrogens with one attached hydrogen (secondary N) is 3. The molecule has 9 nitrogen and oxygen atoms in total. The Morgan fingerprint density at radius 2 is 1.58 bits per heavy atom. The van der Waals surface area contributed by atoms with E-state index in [1.165, 1.54) is 25.1 Å². The van der Waals surface area contributed by atoms with Gasteiger partial charge in [0, 0.05) is 24.4 Å². The average molecular weight is 468 g/mol. The summed E-state index contributed by atoms with van der Waals surface area (Å²) in [6, 6.07) is 15.8. The Balaban J connectivity index is 1.60. The molecule has 0 saturated heterocycles. The summed E-state index contributed by atoms with van der Waals surface area (Å²) in [5.41, 5.74) is 1.55. The van der Waals surface area contributed by atoms with Crippen molar-refractivity contribution < 1.29 is 27.5 Å². The highest BCUT2D eigenvalue weighted by Crippen LogP contribution is 2.34. The van der Waals surface area contributed by atoms with Crippen molar-refractivity contribution in [2.45, 2.75) is 18.7 Å². The van der Waals surface area contributed by atoms with E-state index < -0.39 is 15.9 Å². The molecule has 10 heteroatoms. The minimum Gasteiger partial charge on any atom is -0.454 e. The zero-order valence-electron chi connectivity index (χ0n) is 17.8. The van der Waals surface area contributed by atoms with Crippen LogP contribution in [0.2, 0.25) is 0 Å². The van der Waals surface area contributed by atoms with Gasteiger partial charge in [0.1, 0.15) is 0 Å². The maximum Gasteiger partial charge on any atom is 0.262 e. The zero-order chi connectivity index (χ0) is 23.6. The van der Waals surface area contributed by atoms with Gasteiger partial charge in [-0.25, -0.2) is 8.42 Å². The highest BCUT2D eigenvalue weighted by atomic mass is 32.2. The maximum atomic E-state index is 13.1. The lowest BCUT2D eigenvalue weighted by molar-refractivity contribution is -0.114. The number of amides is 2. The smallest absolute Gasteiger partial charge is 0.262 e. The van der Waals surface area contributed by atoms with E-state index in [9.17, 15) is 18.0 Å². The fraction of sp³-hybridized carbons (Fsp3) is 0.130. The van der Waals surface area contributed by atoms with Crippen molar-refractivity contribution >= 4 is 38.9 Å². The Morgan fingerprint density at radius 3 is 2.36 bits per heavy atom. The standard InChI is InChI=1S/C23H21N3O6S/c1-14-7-8-17(24-15(2)27)12-22(14)33(29,30)26-19-6-4-3-5-18(19)23(28)25-16-9-10-20-21(11-16)32-13-31-20/h3-12,26H,13H2,1-2H3,(H,24,27)(H,25,28). The van der Waals surface area contributed by atoms with Gasteiger partial charge >= 0.3 is 0 Å². The first-order valence-corrected chi connectivity index (χ1v) is 11.4. The summed E-state index contributed by atoms with van der Waals surface area (Å²) in [5.74, 6) is 0.269. The largest absolute Gasteiger partial charge is 0.454 e. The molecule has 3 aromatic carbocycles. The Labute approximate surface area is 190 Å². The van der Waals surface area contributed by atoms with Crippen LogP contribution < -0.4 is 24.8 Å². The second-order valence-corrected chi connectivity index (χ2v) is 8.99. The summed E-state index contributed by atoms with van der Waals surface area (Å²) in [7, 11) is -4.06. The van der Waals surface area contributed by atoms with Gasteiger partial charge in [-0.3, -0.25) is 14.3 Å². The van der Waals surface area contributed by atoms with Crippen LogP contribution in [0.5, 0.6) is 11.5 Å². The van der Waals surface area contributed by atoms with Gasteiger partial charge in [0.2, 0.25) is 12.7 Å². The molecule has 0 aromatic heterocycles. The Morgan fingerprint density at radius 1 is 0.879 bits per heavy atom. The van der Waals surface area contributed by atoms with Crippen molar-refractivity contribution in [1.29, 1.82) is 0 Å². The van der Waals surface area contributed by atoms with Crippen molar-refractivity contribution in [2.75, 3.05) is 22.1 Å². The molecule has 1 aliphatic rings. The molecule has 0 spiro atoms. The lowest BCUT2D eigenvalue weighted by Crippen LogP contribution is -2.19. The van der Waals surface area contributed by atoms with Gasteiger partial charge in [0.25, 0.3) is 15.9 Å². The number of fused-ring (bicyclic) bond motifs is 1. The minimum absolute atomic E-state index is 0.0141. The fourth-order valence-corrected chi connectivity index (χ4v) is 4.66. The van der Waals surface area contributed by atoms with Crippen molar-refractivity contribution in [1.82, 2.24) is 0 Å². The first-order chi connectivity index (χ1) is 15.7. The van der Waals surface area contributed by atoms with E-state index in [0.717, 1.165) is 0 Å². The maximum absolute atomic E-state index is 13.1. The van der Waals surface area contributed by atoms with E-state index in [2.05, 4.69) is 15.4 Å². The van der Waals surface area contributed by atoms with Crippen LogP contribution in [-0.2, 0) is 14.8 Å². The van der Waals surface area contributed by atoms with Gasteiger partial charge in [-0.1, -0.05) is 18.2 Å². The monoisotopic (exact) mass is 467 g/mol. The molecule has 0 saturated carbocycles. The quantitative estimate of drug-likeness (QED) is 0.508. The van der Waals surface area contributed by atoms with Crippen molar-refractivity contribution in [3.8, 4) is 11.5 Å². The van der Waals surface area contributed by atoms with Crippen LogP contribution in [0.15, 0.2) is 65.6 Å². The molecular weight excluding hydrogens is 446 g/mol. The lowest BCUT2D eigenvalue weighted by Gasteiger charge is -2.15. The van der Waals surface area contributed by atoms with E-state index in [0.29, 0.717) is 28.4 Å². The number of hydrogen-bond acceptors (Lipinski definition) is 6. The van der Waals surface area contributed by atoms with E-state index >= 15 is 0 Å². The molecule has 3 aromatic rings. The molecule has 2 amide bonds. The normalized spacial score (nSPS) is 12.2. The third kappa shape index (κ3) is 4.90. The van der Waals surface area contributed by atoms with Crippen LogP contribution in [0.1, 0.15) is 22.8 Å². The van der Waals surface area contributed by atoms with Crippen LogP contribution >= 0.6 is 0 Å². The number of anilines is 3. The number of carbonyl (C=O) groups excluding carboxylic acids is 2. The lowest BCUT2D eigenvalue weighted by atomic mass is 10.1. The molecule has 170 valence electrons. The van der Waals surface area contributed by atoms with Gasteiger partial charge < -0.3 is 20.1 Å². The summed E-state index contributed by atoms with van der Waals surface area (Å²) in [6.07, 6.45) is 0. The second kappa shape index (κ2) is 8.83. The van der Waals surface area contributed by atoms with Crippen LogP contribution in [-0.4, -0.2) is 27.0 Å². The molecule has 4 rings (SSSR count). The van der Waals surface area contributed by atoms with E-state index in [-0.39, 0.29) is 28.8 Å². The molecule has 0 fully saturated rings. The summed E-state index contributed by atoms with van der Waals surface area (Å²) in [6.45, 7) is 3.09. The summed E-state index contributed by atoms with van der Waals surface area (Å²) < 4.78 is 39.3. The fourth-order valence-electron chi connectivity index (χ4n) is 3.31. The number of benzene rings is 3. The number of sulfonamides is 1. The van der Waals surface area contributed by atoms with Gasteiger partial charge in [-0.2, -0.15) is 0 Å². The van der Waals surface area contributed by atoms with E-state index in [1.807, 2.05) is 0 Å². The SMILES string of the molecule is CC(=O)Nc1ccc(C)c(S(=O)(=O)Nc2ccccc2C(=O)Nc2ccc3c(c2)OCO3)c1. The third-order valence-corrected chi connectivity index (χ3v) is 6.35. The van der Waals surface area contributed by atoms with E-state index in [1.54, 1.807) is 49.4 Å². The number of hydrogen-bond donors (Lipinski definition) is 3. The number of aryl methyl sites for hydroxylation is 1. The average Bonchev–Trinajstić information content (AvgIpc) is 3.22. The summed E-state index contributed by atoms with van der Waals surface area (Å²) in [5, 5.41) is 5.31. The molecule has 3 N–H and O–H groups in total. The van der Waals surface area contributed by atoms with E-state index in [4.69, 9.17) is 9.47 Å². The number of rotatable bonds is 6. The van der Waals surface area contributed by atoms with Crippen LogP contribution in [0.25, 0.3) is 0 Å². The summed E-state index contributed by atoms with van der Waals surface area (Å²) >= 11 is 0. The predicted octanol–water partition coefficient (Wildman–Crippen LogP) is 3.74. The second-order valence-electron chi connectivity index (χ2n) is 7.33. The highest BCUT2D eigenvalue weighted by Gasteiger charge is 2.22. The Bertz CT molecular complexity index is 1350. The molecule has 0 unspecified atom stereocenters. The molecule has 0 aliphatic carbocycles. The number of para-hydroxylation sites is 1. The topological polar surface area (TPSA) is 123 Å². The van der Waals surface area contributed by atoms with Crippen LogP contribution in [0.3, 0.4) is 0 Å². The Hall–Kier alpha value is -4.05. The number of ether oxygens (including phenoxy) is 2. The van der Waals surface area contributed by atoms with Gasteiger partial charge in [0.05, 0.1) is 16.1 Å². The van der Waals surface area contributed by atoms with Crippen molar-refractivity contribution in [2.24, 2.45) is 0 Å². The molecule has 0 radical (unpaired) electrons. The first kappa shape index (κ1) is 22.2. The molecule has 1 aliphatic heterocycles. The zero-order valence-corrected chi connectivity index (χ0v) is 18.7. The molecule has 0 bridgehead atoms. The highest BCUT2D eigenvalue weighted by molar-refractivity contribution is 7.92. The molecule has 1 heterocycles. The number of carbonyl (C=O) groups is 2.